The van der Waals surface area contributed by atoms with Gasteiger partial charge in [-0.15, -0.1) is 0 Å². The molecule has 0 saturated carbocycles. The number of rotatable bonds is 7. The maximum absolute atomic E-state index is 12.4. The summed E-state index contributed by atoms with van der Waals surface area (Å²) in [6.45, 7) is 1.79. The van der Waals surface area contributed by atoms with Crippen molar-refractivity contribution >= 4 is 23.2 Å². The Kier molecular flexibility index (Phi) is 6.06. The molecule has 0 bridgehead atoms. The van der Waals surface area contributed by atoms with Gasteiger partial charge in [-0.1, -0.05) is 0 Å². The van der Waals surface area contributed by atoms with Gasteiger partial charge in [-0.05, 0) is 55.8 Å². The van der Waals surface area contributed by atoms with E-state index < -0.39 is 12.5 Å². The van der Waals surface area contributed by atoms with Gasteiger partial charge in [0.15, 0.2) is 11.5 Å². The van der Waals surface area contributed by atoms with E-state index in [-0.39, 0.29) is 11.5 Å². The maximum atomic E-state index is 12.4. The number of hydrazone groups is 1. The van der Waals surface area contributed by atoms with Gasteiger partial charge in [-0.2, -0.15) is 13.9 Å². The molecule has 0 aliphatic carbocycles. The van der Waals surface area contributed by atoms with Crippen molar-refractivity contribution in [3.05, 3.63) is 53.3 Å². The van der Waals surface area contributed by atoms with Crippen molar-refractivity contribution in [3.8, 4) is 11.5 Å². The second kappa shape index (κ2) is 8.68. The van der Waals surface area contributed by atoms with Crippen molar-refractivity contribution in [3.63, 3.8) is 0 Å². The summed E-state index contributed by atoms with van der Waals surface area (Å²) in [5, 5.41) is 3.91. The molecule has 0 saturated heterocycles. The fourth-order valence-electron chi connectivity index (χ4n) is 2.98. The standard InChI is InChI=1S/C20H20F2N4O3/c1-4-26-12(2)24-15-10-14(6-7-16(15)26)19(27)25-23-11-13-5-8-17(29-20(21)22)18(9-13)28-3/h5-11,20H,4H2,1-3H3,(H,25,27)/b23-11+. The van der Waals surface area contributed by atoms with E-state index in [0.717, 1.165) is 23.4 Å². The molecule has 0 aliphatic heterocycles. The van der Waals surface area contributed by atoms with Gasteiger partial charge in [-0.25, -0.2) is 10.4 Å². The van der Waals surface area contributed by atoms with Crippen LogP contribution in [0.1, 0.15) is 28.7 Å². The third-order valence-electron chi connectivity index (χ3n) is 4.30. The van der Waals surface area contributed by atoms with Crippen LogP contribution >= 0.6 is 0 Å². The molecule has 2 aromatic carbocycles. The number of aromatic nitrogens is 2. The first-order valence-corrected chi connectivity index (χ1v) is 8.86. The van der Waals surface area contributed by atoms with Crippen molar-refractivity contribution in [2.75, 3.05) is 7.11 Å². The number of aryl methyl sites for hydroxylation is 2. The summed E-state index contributed by atoms with van der Waals surface area (Å²) in [4.78, 5) is 16.8. The Labute approximate surface area is 165 Å². The fourth-order valence-corrected chi connectivity index (χ4v) is 2.98. The quantitative estimate of drug-likeness (QED) is 0.482. The fraction of sp³-hybridized carbons (Fsp3) is 0.250. The number of nitrogens with one attached hydrogen (secondary N) is 1. The highest BCUT2D eigenvalue weighted by molar-refractivity contribution is 5.98. The van der Waals surface area contributed by atoms with Crippen LogP contribution in [0.15, 0.2) is 41.5 Å². The van der Waals surface area contributed by atoms with Crippen LogP contribution in [0, 0.1) is 6.92 Å². The Balaban J connectivity index is 1.71. The average molecular weight is 402 g/mol. The molecule has 1 heterocycles. The zero-order valence-corrected chi connectivity index (χ0v) is 16.1. The molecule has 0 unspecified atom stereocenters. The summed E-state index contributed by atoms with van der Waals surface area (Å²) >= 11 is 0. The number of fused-ring (bicyclic) bond motifs is 1. The third-order valence-corrected chi connectivity index (χ3v) is 4.30. The second-order valence-corrected chi connectivity index (χ2v) is 6.09. The number of carbonyl (C=O) groups excluding carboxylic acids is 1. The van der Waals surface area contributed by atoms with E-state index in [4.69, 9.17) is 4.74 Å². The summed E-state index contributed by atoms with van der Waals surface area (Å²) in [5.41, 5.74) is 5.10. The monoisotopic (exact) mass is 402 g/mol. The van der Waals surface area contributed by atoms with Crippen LogP contribution in [0.2, 0.25) is 0 Å². The molecule has 1 amide bonds. The number of ether oxygens (including phenoxy) is 2. The zero-order chi connectivity index (χ0) is 21.0. The molecule has 1 N–H and O–H groups in total. The molecule has 0 radical (unpaired) electrons. The van der Waals surface area contributed by atoms with E-state index in [9.17, 15) is 13.6 Å². The van der Waals surface area contributed by atoms with E-state index in [1.165, 1.54) is 31.5 Å². The average Bonchev–Trinajstić information content (AvgIpc) is 3.02. The lowest BCUT2D eigenvalue weighted by atomic mass is 10.2. The number of halogens is 2. The molecule has 0 atom stereocenters. The largest absolute Gasteiger partial charge is 0.493 e. The molecule has 3 rings (SSSR count). The number of carbonyl (C=O) groups is 1. The first kappa shape index (κ1) is 20.2. The number of benzene rings is 2. The molecule has 152 valence electrons. The highest BCUT2D eigenvalue weighted by Gasteiger charge is 2.12. The van der Waals surface area contributed by atoms with Crippen molar-refractivity contribution in [1.29, 1.82) is 0 Å². The normalized spacial score (nSPS) is 11.4. The van der Waals surface area contributed by atoms with Crippen molar-refractivity contribution in [2.45, 2.75) is 27.0 Å². The van der Waals surface area contributed by atoms with Crippen LogP contribution in [0.3, 0.4) is 0 Å². The Morgan fingerprint density at radius 2 is 2.07 bits per heavy atom. The second-order valence-electron chi connectivity index (χ2n) is 6.09. The summed E-state index contributed by atoms with van der Waals surface area (Å²) in [6.07, 6.45) is 1.38. The van der Waals surface area contributed by atoms with Gasteiger partial charge >= 0.3 is 6.61 Å². The Morgan fingerprint density at radius 3 is 2.76 bits per heavy atom. The van der Waals surface area contributed by atoms with E-state index in [1.54, 1.807) is 12.1 Å². The van der Waals surface area contributed by atoms with Crippen LogP contribution < -0.4 is 14.9 Å². The van der Waals surface area contributed by atoms with Crippen LogP contribution in [0.5, 0.6) is 11.5 Å². The summed E-state index contributed by atoms with van der Waals surface area (Å²) in [7, 11) is 1.34. The molecule has 7 nitrogen and oxygen atoms in total. The number of hydrogen-bond donors (Lipinski definition) is 1. The first-order chi connectivity index (χ1) is 13.9. The molecule has 9 heteroatoms. The van der Waals surface area contributed by atoms with Crippen molar-refractivity contribution < 1.29 is 23.0 Å². The Bertz CT molecular complexity index is 1060. The van der Waals surface area contributed by atoms with Crippen LogP contribution in [-0.2, 0) is 6.54 Å². The summed E-state index contributed by atoms with van der Waals surface area (Å²) < 4.78 is 36.2. The topological polar surface area (TPSA) is 77.7 Å². The molecule has 0 spiro atoms. The number of nitrogens with zero attached hydrogens (tertiary/aromatic N) is 3. The van der Waals surface area contributed by atoms with Gasteiger partial charge in [0.05, 0.1) is 24.4 Å². The van der Waals surface area contributed by atoms with Gasteiger partial charge in [0.1, 0.15) is 5.82 Å². The minimum atomic E-state index is -2.95. The number of amides is 1. The lowest BCUT2D eigenvalue weighted by Gasteiger charge is -2.09. The number of methoxy groups -OCH3 is 1. The van der Waals surface area contributed by atoms with Gasteiger partial charge in [0.25, 0.3) is 5.91 Å². The maximum Gasteiger partial charge on any atom is 0.387 e. The number of hydrogen-bond acceptors (Lipinski definition) is 5. The lowest BCUT2D eigenvalue weighted by molar-refractivity contribution is -0.0512. The smallest absolute Gasteiger partial charge is 0.387 e. The lowest BCUT2D eigenvalue weighted by Crippen LogP contribution is -2.17. The van der Waals surface area contributed by atoms with Gasteiger partial charge < -0.3 is 14.0 Å². The van der Waals surface area contributed by atoms with Crippen LogP contribution in [0.25, 0.3) is 11.0 Å². The van der Waals surface area contributed by atoms with Gasteiger partial charge in [0, 0.05) is 12.1 Å². The molecular weight excluding hydrogens is 382 g/mol. The van der Waals surface area contributed by atoms with Crippen LogP contribution in [0.4, 0.5) is 8.78 Å². The highest BCUT2D eigenvalue weighted by atomic mass is 19.3. The Morgan fingerprint density at radius 1 is 1.28 bits per heavy atom. The molecule has 29 heavy (non-hydrogen) atoms. The van der Waals surface area contributed by atoms with E-state index >= 15 is 0 Å². The minimum Gasteiger partial charge on any atom is -0.493 e. The van der Waals surface area contributed by atoms with Gasteiger partial charge in [-0.3, -0.25) is 4.79 Å². The van der Waals surface area contributed by atoms with Crippen molar-refractivity contribution in [2.24, 2.45) is 5.10 Å². The van der Waals surface area contributed by atoms with Crippen molar-refractivity contribution in [1.82, 2.24) is 15.0 Å². The highest BCUT2D eigenvalue weighted by Crippen LogP contribution is 2.28. The molecular formula is C20H20F2N4O3. The molecule has 3 aromatic rings. The predicted octanol–water partition coefficient (Wildman–Crippen LogP) is 3.74. The zero-order valence-electron chi connectivity index (χ0n) is 16.1. The first-order valence-electron chi connectivity index (χ1n) is 8.86. The van der Waals surface area contributed by atoms with Gasteiger partial charge in [0.2, 0.25) is 0 Å². The SMILES string of the molecule is CCn1c(C)nc2cc(C(=O)N/N=C/c3ccc(OC(F)F)c(OC)c3)ccc21. The predicted molar refractivity (Wildman–Crippen MR) is 105 cm³/mol. The molecule has 1 aromatic heterocycles. The number of alkyl halides is 2. The summed E-state index contributed by atoms with van der Waals surface area (Å²) in [6, 6.07) is 9.60. The molecule has 0 fully saturated rings. The molecule has 0 aliphatic rings. The van der Waals surface area contributed by atoms with Crippen LogP contribution in [-0.4, -0.2) is 35.4 Å². The number of imidazole rings is 1. The van der Waals surface area contributed by atoms with E-state index in [0.29, 0.717) is 11.1 Å². The van der Waals surface area contributed by atoms with E-state index in [2.05, 4.69) is 24.8 Å². The summed E-state index contributed by atoms with van der Waals surface area (Å²) in [5.74, 6) is 0.537. The minimum absolute atomic E-state index is 0.0844. The third kappa shape index (κ3) is 4.50. The van der Waals surface area contributed by atoms with E-state index in [1.807, 2.05) is 19.9 Å². The Hall–Kier alpha value is -3.49.